The summed E-state index contributed by atoms with van der Waals surface area (Å²) >= 11 is 0. The van der Waals surface area contributed by atoms with Crippen LogP contribution in [-0.2, 0) is 20.9 Å². The second-order valence-electron chi connectivity index (χ2n) is 10.8. The first-order valence-corrected chi connectivity index (χ1v) is 13.7. The number of nitrogens with zero attached hydrogens (tertiary/aromatic N) is 2. The van der Waals surface area contributed by atoms with Gasteiger partial charge in [-0.15, -0.1) is 0 Å². The van der Waals surface area contributed by atoms with Crippen LogP contribution in [0.15, 0.2) is 78.9 Å². The first-order chi connectivity index (χ1) is 19.4. The van der Waals surface area contributed by atoms with E-state index < -0.39 is 30.6 Å². The Morgan fingerprint density at radius 2 is 1.52 bits per heavy atom. The largest absolute Gasteiger partial charge is 0.480 e. The molecule has 0 spiro atoms. The second kappa shape index (κ2) is 12.3. The fourth-order valence-corrected chi connectivity index (χ4v) is 5.47. The van der Waals surface area contributed by atoms with Gasteiger partial charge in [-0.2, -0.15) is 0 Å². The summed E-state index contributed by atoms with van der Waals surface area (Å²) in [5, 5.41) is 12.2. The number of carboxylic acids is 1. The smallest absolute Gasteiger partial charge is 0.407 e. The maximum atomic E-state index is 13.6. The lowest BCUT2D eigenvalue weighted by atomic mass is 9.98. The molecule has 0 aliphatic heterocycles. The van der Waals surface area contributed by atoms with E-state index in [1.165, 1.54) is 4.90 Å². The Kier molecular flexibility index (Phi) is 8.45. The summed E-state index contributed by atoms with van der Waals surface area (Å²) in [5.41, 5.74) is 5.53. The minimum atomic E-state index is -1.08. The third-order valence-electron chi connectivity index (χ3n) is 7.54. The van der Waals surface area contributed by atoms with Crippen LogP contribution in [-0.4, -0.2) is 72.2 Å². The number of ether oxygens (including phenoxy) is 1. The van der Waals surface area contributed by atoms with Gasteiger partial charge < -0.3 is 20.1 Å². The van der Waals surface area contributed by atoms with Gasteiger partial charge in [-0.3, -0.25) is 14.5 Å². The molecule has 1 fully saturated rings. The Labute approximate surface area is 234 Å². The molecule has 1 saturated carbocycles. The van der Waals surface area contributed by atoms with Crippen LogP contribution in [0.3, 0.4) is 0 Å². The van der Waals surface area contributed by atoms with Crippen molar-refractivity contribution in [2.24, 2.45) is 5.92 Å². The predicted molar refractivity (Wildman–Crippen MR) is 152 cm³/mol. The Morgan fingerprint density at radius 3 is 2.12 bits per heavy atom. The first-order valence-electron chi connectivity index (χ1n) is 13.7. The van der Waals surface area contributed by atoms with Gasteiger partial charge in [0.05, 0.1) is 0 Å². The average Bonchev–Trinajstić information content (AvgIpc) is 3.71. The van der Waals surface area contributed by atoms with E-state index in [1.807, 2.05) is 78.7 Å². The molecule has 208 valence electrons. The van der Waals surface area contributed by atoms with E-state index in [0.29, 0.717) is 19.0 Å². The lowest BCUT2D eigenvalue weighted by molar-refractivity contribution is -0.145. The molecule has 2 aliphatic rings. The van der Waals surface area contributed by atoms with E-state index in [9.17, 15) is 19.5 Å². The highest BCUT2D eigenvalue weighted by Gasteiger charge is 2.34. The van der Waals surface area contributed by atoms with Crippen LogP contribution in [0.1, 0.15) is 35.4 Å². The number of hydrogen-bond acceptors (Lipinski definition) is 5. The molecule has 0 saturated heterocycles. The van der Waals surface area contributed by atoms with Gasteiger partial charge in [0.1, 0.15) is 19.2 Å². The van der Waals surface area contributed by atoms with Gasteiger partial charge in [-0.05, 0) is 53.6 Å². The van der Waals surface area contributed by atoms with Crippen molar-refractivity contribution >= 4 is 18.0 Å². The van der Waals surface area contributed by atoms with Gasteiger partial charge in [0.2, 0.25) is 5.91 Å². The standard InChI is InChI=1S/C32H35N3O5/c1-34(17-22-9-3-2-4-10-22)19-29(31(38)35(20-30(36)37)18-23-15-16-23)33-32(39)40-21-28-26-13-7-5-11-24(26)25-12-6-8-14-27(25)28/h2-14,23,28-29H,15-21H2,1H3,(H,33,39)(H,36,37). The van der Waals surface area contributed by atoms with Crippen molar-refractivity contribution < 1.29 is 24.2 Å². The zero-order chi connectivity index (χ0) is 28.1. The highest BCUT2D eigenvalue weighted by atomic mass is 16.5. The molecule has 5 rings (SSSR count). The van der Waals surface area contributed by atoms with Crippen molar-refractivity contribution in [3.63, 3.8) is 0 Å². The predicted octanol–water partition coefficient (Wildman–Crippen LogP) is 4.35. The van der Waals surface area contributed by atoms with Crippen LogP contribution in [0.25, 0.3) is 11.1 Å². The topological polar surface area (TPSA) is 99.2 Å². The number of rotatable bonds is 12. The second-order valence-corrected chi connectivity index (χ2v) is 10.8. The summed E-state index contributed by atoms with van der Waals surface area (Å²) in [4.78, 5) is 41.6. The number of benzene rings is 3. The van der Waals surface area contributed by atoms with Gasteiger partial charge in [0.15, 0.2) is 0 Å². The maximum absolute atomic E-state index is 13.6. The van der Waals surface area contributed by atoms with Crippen molar-refractivity contribution in [2.45, 2.75) is 31.3 Å². The molecule has 8 heteroatoms. The molecule has 1 unspecified atom stereocenters. The van der Waals surface area contributed by atoms with Crippen LogP contribution in [0.5, 0.6) is 0 Å². The van der Waals surface area contributed by atoms with E-state index in [4.69, 9.17) is 4.74 Å². The number of nitrogens with one attached hydrogen (secondary N) is 1. The third-order valence-corrected chi connectivity index (χ3v) is 7.54. The molecule has 0 radical (unpaired) electrons. The molecule has 2 N–H and O–H groups in total. The highest BCUT2D eigenvalue weighted by molar-refractivity contribution is 5.88. The summed E-state index contributed by atoms with van der Waals surface area (Å²) in [5.74, 6) is -1.29. The quantitative estimate of drug-likeness (QED) is 0.354. The van der Waals surface area contributed by atoms with Gasteiger partial charge in [-0.1, -0.05) is 78.9 Å². The molecule has 0 heterocycles. The summed E-state index contributed by atoms with van der Waals surface area (Å²) < 4.78 is 5.72. The van der Waals surface area contributed by atoms with Crippen LogP contribution in [0.2, 0.25) is 0 Å². The molecule has 8 nitrogen and oxygen atoms in total. The van der Waals surface area contributed by atoms with Crippen molar-refractivity contribution in [3.8, 4) is 11.1 Å². The monoisotopic (exact) mass is 541 g/mol. The van der Waals surface area contributed by atoms with E-state index >= 15 is 0 Å². The van der Waals surface area contributed by atoms with Crippen molar-refractivity contribution in [3.05, 3.63) is 95.6 Å². The molecule has 2 aliphatic carbocycles. The molecule has 3 aromatic carbocycles. The van der Waals surface area contributed by atoms with E-state index in [2.05, 4.69) is 17.4 Å². The lowest BCUT2D eigenvalue weighted by Crippen LogP contribution is -2.54. The number of hydrogen-bond donors (Lipinski definition) is 2. The number of carbonyl (C=O) groups is 3. The number of fused-ring (bicyclic) bond motifs is 3. The fraction of sp³-hybridized carbons (Fsp3) is 0.344. The van der Waals surface area contributed by atoms with Crippen LogP contribution in [0, 0.1) is 5.92 Å². The van der Waals surface area contributed by atoms with E-state index in [0.717, 1.165) is 40.7 Å². The third kappa shape index (κ3) is 6.69. The number of carboxylic acid groups (broad SMARTS) is 1. The minimum absolute atomic E-state index is 0.105. The Hall–Kier alpha value is -4.17. The Balaban J connectivity index is 1.29. The fourth-order valence-electron chi connectivity index (χ4n) is 5.47. The summed E-state index contributed by atoms with van der Waals surface area (Å²) in [6, 6.07) is 25.1. The lowest BCUT2D eigenvalue weighted by Gasteiger charge is -2.29. The number of aliphatic carboxylic acids is 1. The zero-order valence-corrected chi connectivity index (χ0v) is 22.7. The van der Waals surface area contributed by atoms with Gasteiger partial charge in [0.25, 0.3) is 0 Å². The average molecular weight is 542 g/mol. The maximum Gasteiger partial charge on any atom is 0.407 e. The van der Waals surface area contributed by atoms with Crippen molar-refractivity contribution in [2.75, 3.05) is 33.3 Å². The molecule has 0 aromatic heterocycles. The number of alkyl carbamates (subject to hydrolysis) is 1. The van der Waals surface area contributed by atoms with Gasteiger partial charge in [-0.25, -0.2) is 4.79 Å². The normalized spacial score (nSPS) is 14.8. The molecule has 3 aromatic rings. The van der Waals surface area contributed by atoms with Gasteiger partial charge in [0, 0.05) is 25.6 Å². The van der Waals surface area contributed by atoms with E-state index in [-0.39, 0.29) is 19.1 Å². The van der Waals surface area contributed by atoms with Crippen LogP contribution in [0.4, 0.5) is 4.79 Å². The molecule has 40 heavy (non-hydrogen) atoms. The summed E-state index contributed by atoms with van der Waals surface area (Å²) in [6.45, 7) is 0.871. The molecular formula is C32H35N3O5. The van der Waals surface area contributed by atoms with Gasteiger partial charge >= 0.3 is 12.1 Å². The van der Waals surface area contributed by atoms with Crippen LogP contribution >= 0.6 is 0 Å². The molecular weight excluding hydrogens is 506 g/mol. The van der Waals surface area contributed by atoms with Crippen molar-refractivity contribution in [1.82, 2.24) is 15.1 Å². The minimum Gasteiger partial charge on any atom is -0.480 e. The number of carbonyl (C=O) groups excluding carboxylic acids is 2. The molecule has 1 atom stereocenters. The SMILES string of the molecule is CN(Cc1ccccc1)CC(NC(=O)OCC1c2ccccc2-c2ccccc21)C(=O)N(CC(=O)O)CC1CC1. The number of amides is 2. The summed E-state index contributed by atoms with van der Waals surface area (Å²) in [7, 11) is 1.87. The molecule has 2 amide bonds. The molecule has 0 bridgehead atoms. The summed E-state index contributed by atoms with van der Waals surface area (Å²) in [6.07, 6.45) is 1.25. The zero-order valence-electron chi connectivity index (χ0n) is 22.7. The Morgan fingerprint density at radius 1 is 0.925 bits per heavy atom. The van der Waals surface area contributed by atoms with Crippen LogP contribution < -0.4 is 5.32 Å². The number of likely N-dealkylation sites (N-methyl/N-ethyl adjacent to an activating group) is 1. The Bertz CT molecular complexity index is 1310. The van der Waals surface area contributed by atoms with Crippen molar-refractivity contribution in [1.29, 1.82) is 0 Å². The highest BCUT2D eigenvalue weighted by Crippen LogP contribution is 2.44. The first kappa shape index (κ1) is 27.4. The van der Waals surface area contributed by atoms with E-state index in [1.54, 1.807) is 0 Å².